The molecule has 2 fully saturated rings. The molecular weight excluding hydrogens is 795 g/mol. The van der Waals surface area contributed by atoms with Crippen LogP contribution in [-0.2, 0) is 20.7 Å². The number of nitrogens with one attached hydrogen (secondary N) is 3. The first kappa shape index (κ1) is 41.5. The number of nitrogens with zero attached hydrogens (tertiary/aromatic N) is 5. The molecule has 1 unspecified atom stereocenters. The van der Waals surface area contributed by atoms with Gasteiger partial charge in [0.25, 0.3) is 5.91 Å². The monoisotopic (exact) mass is 844 g/mol. The number of ether oxygens (including phenoxy) is 1. The molecule has 0 aliphatic carbocycles. The van der Waals surface area contributed by atoms with E-state index in [1.54, 1.807) is 37.1 Å². The predicted octanol–water partition coefficient (Wildman–Crippen LogP) is 7.11. The van der Waals surface area contributed by atoms with Crippen LogP contribution in [0, 0.1) is 0 Å². The Morgan fingerprint density at radius 3 is 2.55 bits per heavy atom. The summed E-state index contributed by atoms with van der Waals surface area (Å²) in [7, 11) is 1.32. The molecule has 58 heavy (non-hydrogen) atoms. The van der Waals surface area contributed by atoms with E-state index in [9.17, 15) is 18.9 Å². The number of methoxy groups -OCH3 is 1. The first-order valence-electron chi connectivity index (χ1n) is 19.6. The van der Waals surface area contributed by atoms with Crippen molar-refractivity contribution in [3.8, 4) is 5.75 Å². The molecule has 4 aromatic rings. The van der Waals surface area contributed by atoms with Crippen molar-refractivity contribution in [1.29, 1.82) is 0 Å². The van der Waals surface area contributed by atoms with E-state index in [4.69, 9.17) is 16.3 Å². The number of unbranched alkanes of at least 4 members (excludes halogenated alkanes) is 1. The number of carbonyl (C=O) groups is 3. The van der Waals surface area contributed by atoms with Crippen molar-refractivity contribution in [1.82, 2.24) is 25.1 Å². The molecule has 3 N–H and O–H groups in total. The number of hydrogen-bond donors (Lipinski definition) is 3. The summed E-state index contributed by atoms with van der Waals surface area (Å²) in [6, 6.07) is 19.3. The predicted molar refractivity (Wildman–Crippen MR) is 232 cm³/mol. The Balaban J connectivity index is 0.872. The van der Waals surface area contributed by atoms with Crippen LogP contribution in [-0.4, -0.2) is 102 Å². The minimum Gasteiger partial charge on any atom is -0.494 e. The highest BCUT2D eigenvalue weighted by atomic mass is 35.5. The van der Waals surface area contributed by atoms with E-state index < -0.39 is 13.2 Å². The summed E-state index contributed by atoms with van der Waals surface area (Å²) < 4.78 is 18.7. The van der Waals surface area contributed by atoms with Crippen molar-refractivity contribution in [2.45, 2.75) is 62.0 Å². The average molecular weight is 845 g/mol. The number of amides is 3. The third-order valence-corrected chi connectivity index (χ3v) is 14.1. The fourth-order valence-corrected chi connectivity index (χ4v) is 10.3. The van der Waals surface area contributed by atoms with Crippen LogP contribution in [0.25, 0.3) is 0 Å². The molecule has 2 saturated heterocycles. The molecule has 0 saturated carbocycles. The van der Waals surface area contributed by atoms with Crippen LogP contribution >= 0.6 is 30.5 Å². The lowest BCUT2D eigenvalue weighted by Crippen LogP contribution is -2.52. The Hall–Kier alpha value is -4.62. The Bertz CT molecular complexity index is 2230. The number of imide groups is 1. The van der Waals surface area contributed by atoms with Crippen molar-refractivity contribution in [2.75, 3.05) is 68.4 Å². The highest BCUT2D eigenvalue weighted by Gasteiger charge is 2.40. The van der Waals surface area contributed by atoms with Gasteiger partial charge in [-0.15, -0.1) is 11.8 Å². The van der Waals surface area contributed by atoms with Gasteiger partial charge in [0.15, 0.2) is 5.82 Å². The first-order chi connectivity index (χ1) is 27.9. The van der Waals surface area contributed by atoms with Gasteiger partial charge in [-0.1, -0.05) is 29.8 Å². The van der Waals surface area contributed by atoms with E-state index in [0.29, 0.717) is 52.8 Å². The van der Waals surface area contributed by atoms with Crippen molar-refractivity contribution in [3.05, 3.63) is 83.0 Å². The minimum atomic E-state index is -2.55. The van der Waals surface area contributed by atoms with Crippen molar-refractivity contribution < 1.29 is 23.7 Å². The number of anilines is 5. The van der Waals surface area contributed by atoms with E-state index in [0.717, 1.165) is 78.2 Å². The zero-order valence-electron chi connectivity index (χ0n) is 33.3. The number of rotatable bonds is 15. The van der Waals surface area contributed by atoms with Crippen molar-refractivity contribution in [3.63, 3.8) is 0 Å². The number of aromatic nitrogens is 2. The summed E-state index contributed by atoms with van der Waals surface area (Å²) in [6.07, 6.45) is 6.39. The van der Waals surface area contributed by atoms with Crippen LogP contribution in [0.5, 0.6) is 5.75 Å². The second kappa shape index (κ2) is 18.1. The Kier molecular flexibility index (Phi) is 13.0. The van der Waals surface area contributed by atoms with E-state index in [2.05, 4.69) is 54.9 Å². The van der Waals surface area contributed by atoms with Crippen LogP contribution < -0.4 is 30.9 Å². The summed E-state index contributed by atoms with van der Waals surface area (Å²) in [5.41, 5.74) is 4.14. The molecule has 3 aliphatic rings. The summed E-state index contributed by atoms with van der Waals surface area (Å²) in [5, 5.41) is 9.96. The number of piperidine rings is 2. The second-order valence-electron chi connectivity index (χ2n) is 15.3. The van der Waals surface area contributed by atoms with Gasteiger partial charge in [-0.2, -0.15) is 4.98 Å². The van der Waals surface area contributed by atoms with Gasteiger partial charge in [0.1, 0.15) is 24.0 Å². The maximum absolute atomic E-state index is 13.2. The lowest BCUT2D eigenvalue weighted by atomic mass is 10.0. The van der Waals surface area contributed by atoms with Gasteiger partial charge in [-0.3, -0.25) is 19.7 Å². The van der Waals surface area contributed by atoms with Gasteiger partial charge in [0.2, 0.25) is 17.8 Å². The quantitative estimate of drug-likeness (QED) is 0.0485. The van der Waals surface area contributed by atoms with Gasteiger partial charge in [-0.25, -0.2) is 4.98 Å². The van der Waals surface area contributed by atoms with Crippen LogP contribution in [0.2, 0.25) is 5.02 Å². The highest BCUT2D eigenvalue weighted by molar-refractivity contribution is 7.99. The molecule has 1 atom stereocenters. The zero-order chi connectivity index (χ0) is 41.0. The lowest BCUT2D eigenvalue weighted by Gasteiger charge is -2.38. The third kappa shape index (κ3) is 9.47. The normalized spacial score (nSPS) is 17.4. The summed E-state index contributed by atoms with van der Waals surface area (Å²) in [6.45, 7) is 6.76. The molecular formula is C42H50ClN8O5PS. The van der Waals surface area contributed by atoms with E-state index in [1.165, 1.54) is 6.20 Å². The number of benzene rings is 3. The van der Waals surface area contributed by atoms with Crippen molar-refractivity contribution >= 4 is 82.4 Å². The SMILES string of the molecule is COc1cc(N2CCC(N(C)CCCCSc3cccc4c3CN(C3CCC(=O)NC3=O)C4=O)CC2)ccc1Nc1ncc(Cl)c(Nc2ccccc2P(C)(C)=O)n1. The lowest BCUT2D eigenvalue weighted by molar-refractivity contribution is -0.136. The third-order valence-electron chi connectivity index (χ3n) is 11.1. The van der Waals surface area contributed by atoms with Gasteiger partial charge in [-0.05, 0) is 107 Å². The van der Waals surface area contributed by atoms with Crippen LogP contribution in [0.1, 0.15) is 54.4 Å². The van der Waals surface area contributed by atoms with E-state index in [1.807, 2.05) is 48.5 Å². The maximum Gasteiger partial charge on any atom is 0.255 e. The molecule has 3 aromatic carbocycles. The average Bonchev–Trinajstić information content (AvgIpc) is 3.55. The smallest absolute Gasteiger partial charge is 0.255 e. The minimum absolute atomic E-state index is 0.133. The molecule has 4 heterocycles. The van der Waals surface area contributed by atoms with Gasteiger partial charge in [0.05, 0.1) is 24.7 Å². The molecule has 13 nitrogen and oxygen atoms in total. The van der Waals surface area contributed by atoms with Gasteiger partial charge in [0, 0.05) is 59.6 Å². The molecule has 3 amide bonds. The summed E-state index contributed by atoms with van der Waals surface area (Å²) in [5.74, 6) is 1.56. The molecule has 3 aliphatic heterocycles. The Morgan fingerprint density at radius 1 is 1.00 bits per heavy atom. The van der Waals surface area contributed by atoms with Crippen molar-refractivity contribution in [2.24, 2.45) is 0 Å². The molecule has 0 bridgehead atoms. The fourth-order valence-electron chi connectivity index (χ4n) is 7.88. The second-order valence-corrected chi connectivity index (χ2v) is 20.1. The molecule has 16 heteroatoms. The number of para-hydroxylation sites is 1. The number of carbonyl (C=O) groups excluding carboxylic acids is 3. The van der Waals surface area contributed by atoms with Crippen LogP contribution in [0.15, 0.2) is 71.8 Å². The Morgan fingerprint density at radius 2 is 1.79 bits per heavy atom. The molecule has 1 aromatic heterocycles. The molecule has 0 radical (unpaired) electrons. The van der Waals surface area contributed by atoms with Crippen LogP contribution in [0.4, 0.5) is 28.8 Å². The largest absolute Gasteiger partial charge is 0.494 e. The summed E-state index contributed by atoms with van der Waals surface area (Å²) >= 11 is 8.25. The Labute approximate surface area is 349 Å². The molecule has 0 spiro atoms. The van der Waals surface area contributed by atoms with E-state index >= 15 is 0 Å². The topological polar surface area (TPSA) is 149 Å². The van der Waals surface area contributed by atoms with Gasteiger partial charge < -0.3 is 34.6 Å². The number of thioether (sulfide) groups is 1. The van der Waals surface area contributed by atoms with Crippen LogP contribution in [0.3, 0.4) is 0 Å². The van der Waals surface area contributed by atoms with Gasteiger partial charge >= 0.3 is 0 Å². The standard InChI is InChI=1S/C42H50ClN8O5PS/c1-49(20-7-8-23-58-37-13-9-10-29-30(37)26-51(41(29)54)34-16-17-38(52)47-40(34)53)27-18-21-50(22-19-27)28-14-15-32(35(24-28)56-2)46-42-44-25-31(43)39(48-42)45-33-11-5-6-12-36(33)57(3,4)55/h5-6,9-15,24-25,27,34H,7-8,16-23,26H2,1-4H3,(H,47,52,53)(H2,44,45,46,48). The van der Waals surface area contributed by atoms with E-state index in [-0.39, 0.29) is 24.1 Å². The first-order valence-corrected chi connectivity index (χ1v) is 23.6. The number of hydrogen-bond acceptors (Lipinski definition) is 12. The fraction of sp³-hybridized carbons (Fsp3) is 0.405. The molecule has 306 valence electrons. The maximum atomic E-state index is 13.2. The highest BCUT2D eigenvalue weighted by Crippen LogP contribution is 2.39. The molecule has 7 rings (SSSR count). The zero-order valence-corrected chi connectivity index (χ0v) is 35.8. The number of halogens is 1. The number of fused-ring (bicyclic) bond motifs is 1. The summed E-state index contributed by atoms with van der Waals surface area (Å²) in [4.78, 5) is 53.9.